The van der Waals surface area contributed by atoms with Crippen molar-refractivity contribution >= 4 is 34.8 Å². The summed E-state index contributed by atoms with van der Waals surface area (Å²) in [6.45, 7) is 3.58. The zero-order valence-electron chi connectivity index (χ0n) is 23.2. The van der Waals surface area contributed by atoms with Gasteiger partial charge in [-0.25, -0.2) is 9.79 Å². The molecule has 0 spiro atoms. The van der Waals surface area contributed by atoms with Crippen molar-refractivity contribution in [2.75, 3.05) is 6.61 Å². The lowest BCUT2D eigenvalue weighted by Crippen LogP contribution is -2.39. The van der Waals surface area contributed by atoms with Crippen molar-refractivity contribution in [1.82, 2.24) is 4.57 Å². The number of benzene rings is 3. The molecule has 0 saturated heterocycles. The van der Waals surface area contributed by atoms with Crippen LogP contribution in [0, 0.1) is 17.0 Å². The summed E-state index contributed by atoms with van der Waals surface area (Å²) in [5, 5.41) is 11.4. The van der Waals surface area contributed by atoms with Crippen LogP contribution in [-0.4, -0.2) is 22.1 Å². The standard InChI is InChI=1S/C33H25N3O6S/c1-3-41-32(38)28-29(21-10-6-4-7-11-21)34-33-35(30(28)22-12-8-5-9-13-22)31(37)27(43-33)19-24-16-17-26(42-24)23-15-14-20(2)25(18-23)36(39)40/h4-19,30H,3H2,1-2H3/b27-19-/t30-/m1/s1. The lowest BCUT2D eigenvalue weighted by molar-refractivity contribution is -0.385. The molecule has 0 bridgehead atoms. The minimum Gasteiger partial charge on any atom is -0.463 e. The predicted octanol–water partition coefficient (Wildman–Crippen LogP) is 5.41. The molecular formula is C33H25N3O6S. The summed E-state index contributed by atoms with van der Waals surface area (Å²) in [6.07, 6.45) is 1.62. The molecule has 1 aliphatic heterocycles. The van der Waals surface area contributed by atoms with Gasteiger partial charge in [0.15, 0.2) is 4.80 Å². The zero-order valence-corrected chi connectivity index (χ0v) is 24.0. The summed E-state index contributed by atoms with van der Waals surface area (Å²) in [4.78, 5) is 43.7. The highest BCUT2D eigenvalue weighted by atomic mass is 32.1. The van der Waals surface area contributed by atoms with Gasteiger partial charge in [0.25, 0.3) is 11.2 Å². The molecule has 43 heavy (non-hydrogen) atoms. The van der Waals surface area contributed by atoms with E-state index in [9.17, 15) is 19.7 Å². The molecule has 0 aliphatic carbocycles. The van der Waals surface area contributed by atoms with E-state index in [-0.39, 0.29) is 23.4 Å². The first-order chi connectivity index (χ1) is 20.9. The molecule has 6 rings (SSSR count). The number of hydrogen-bond acceptors (Lipinski definition) is 8. The van der Waals surface area contributed by atoms with E-state index in [4.69, 9.17) is 14.1 Å². The second-order valence-corrected chi connectivity index (χ2v) is 10.8. The van der Waals surface area contributed by atoms with Gasteiger partial charge in [0.1, 0.15) is 11.5 Å². The largest absolute Gasteiger partial charge is 0.463 e. The summed E-state index contributed by atoms with van der Waals surface area (Å²) in [5.74, 6) is 0.281. The monoisotopic (exact) mass is 591 g/mol. The smallest absolute Gasteiger partial charge is 0.338 e. The number of nitro groups is 1. The maximum absolute atomic E-state index is 14.0. The Kier molecular flexibility index (Phi) is 7.43. The van der Waals surface area contributed by atoms with Crippen LogP contribution in [0.3, 0.4) is 0 Å². The fraction of sp³-hybridized carbons (Fsp3) is 0.121. The van der Waals surface area contributed by atoms with Crippen molar-refractivity contribution in [3.63, 3.8) is 0 Å². The van der Waals surface area contributed by atoms with E-state index in [1.165, 1.54) is 22.0 Å². The Balaban J connectivity index is 1.52. The molecule has 9 nitrogen and oxygen atoms in total. The number of furan rings is 1. The van der Waals surface area contributed by atoms with Gasteiger partial charge in [-0.05, 0) is 31.5 Å². The number of carbonyl (C=O) groups excluding carboxylic acids is 1. The van der Waals surface area contributed by atoms with Gasteiger partial charge in [0, 0.05) is 28.8 Å². The molecule has 0 fully saturated rings. The predicted molar refractivity (Wildman–Crippen MR) is 163 cm³/mol. The maximum Gasteiger partial charge on any atom is 0.338 e. The number of carbonyl (C=O) groups is 1. The summed E-state index contributed by atoms with van der Waals surface area (Å²) >= 11 is 1.19. The van der Waals surface area contributed by atoms with Gasteiger partial charge in [-0.3, -0.25) is 19.5 Å². The Bertz CT molecular complexity index is 2070. The van der Waals surface area contributed by atoms with Crippen LogP contribution in [-0.2, 0) is 9.53 Å². The van der Waals surface area contributed by atoms with Crippen molar-refractivity contribution in [3.8, 4) is 11.3 Å². The topological polar surface area (TPSA) is 117 Å². The first-order valence-corrected chi connectivity index (χ1v) is 14.4. The third kappa shape index (κ3) is 5.24. The zero-order chi connectivity index (χ0) is 30.1. The van der Waals surface area contributed by atoms with Gasteiger partial charge >= 0.3 is 5.97 Å². The number of nitro benzene ring substituents is 1. The van der Waals surface area contributed by atoms with Crippen LogP contribution in [0.2, 0.25) is 0 Å². The Morgan fingerprint density at radius 1 is 1.05 bits per heavy atom. The minimum absolute atomic E-state index is 0.00343. The molecule has 0 saturated carbocycles. The van der Waals surface area contributed by atoms with Gasteiger partial charge in [-0.15, -0.1) is 0 Å². The van der Waals surface area contributed by atoms with E-state index in [1.807, 2.05) is 60.7 Å². The summed E-state index contributed by atoms with van der Waals surface area (Å²) in [5.41, 5.74) is 2.95. The summed E-state index contributed by atoms with van der Waals surface area (Å²) < 4.78 is 13.4. The molecule has 1 aliphatic rings. The Labute approximate surface area is 249 Å². The second-order valence-electron chi connectivity index (χ2n) is 9.80. The van der Waals surface area contributed by atoms with E-state index in [0.717, 1.165) is 11.1 Å². The molecule has 1 atom stereocenters. The van der Waals surface area contributed by atoms with Crippen LogP contribution < -0.4 is 14.9 Å². The van der Waals surface area contributed by atoms with Gasteiger partial charge in [-0.2, -0.15) is 0 Å². The van der Waals surface area contributed by atoms with E-state index in [1.54, 1.807) is 44.2 Å². The second kappa shape index (κ2) is 11.5. The Hall–Kier alpha value is -5.35. The molecule has 0 radical (unpaired) electrons. The lowest BCUT2D eigenvalue weighted by atomic mass is 9.93. The van der Waals surface area contributed by atoms with Gasteiger partial charge in [-0.1, -0.05) is 84.1 Å². The minimum atomic E-state index is -0.769. The van der Waals surface area contributed by atoms with Crippen molar-refractivity contribution in [1.29, 1.82) is 0 Å². The van der Waals surface area contributed by atoms with Crippen molar-refractivity contribution < 1.29 is 18.9 Å². The highest BCUT2D eigenvalue weighted by Gasteiger charge is 2.35. The number of thiazole rings is 1. The first kappa shape index (κ1) is 27.8. The number of nitrogens with zero attached hydrogens (tertiary/aromatic N) is 3. The number of aromatic nitrogens is 1. The van der Waals surface area contributed by atoms with Crippen LogP contribution in [0.15, 0.2) is 111 Å². The summed E-state index contributed by atoms with van der Waals surface area (Å²) in [6, 6.07) is 26.2. The van der Waals surface area contributed by atoms with Crippen molar-refractivity contribution in [2.24, 2.45) is 4.99 Å². The number of hydrogen-bond donors (Lipinski definition) is 0. The Morgan fingerprint density at radius 2 is 1.77 bits per heavy atom. The first-order valence-electron chi connectivity index (χ1n) is 13.5. The number of fused-ring (bicyclic) bond motifs is 1. The highest BCUT2D eigenvalue weighted by Crippen LogP contribution is 2.35. The third-order valence-corrected chi connectivity index (χ3v) is 8.06. The molecule has 0 unspecified atom stereocenters. The average molecular weight is 592 g/mol. The quantitative estimate of drug-likeness (QED) is 0.142. The summed E-state index contributed by atoms with van der Waals surface area (Å²) in [7, 11) is 0. The van der Waals surface area contributed by atoms with Crippen molar-refractivity contribution in [3.05, 3.63) is 149 Å². The normalized spacial score (nSPS) is 14.7. The van der Waals surface area contributed by atoms with Crippen LogP contribution in [0.25, 0.3) is 23.1 Å². The van der Waals surface area contributed by atoms with E-state index >= 15 is 0 Å². The molecule has 214 valence electrons. The third-order valence-electron chi connectivity index (χ3n) is 7.08. The van der Waals surface area contributed by atoms with Crippen LogP contribution >= 0.6 is 11.3 Å². The van der Waals surface area contributed by atoms with Crippen molar-refractivity contribution in [2.45, 2.75) is 19.9 Å². The SMILES string of the molecule is CCOC(=O)C1=C(c2ccccc2)N=c2s/c(=C\c3ccc(-c4ccc(C)c([N+](=O)[O-])c4)o3)c(=O)n2[C@@H]1c1ccccc1. The molecule has 10 heteroatoms. The number of ether oxygens (including phenoxy) is 1. The molecule has 0 N–H and O–H groups in total. The average Bonchev–Trinajstić information content (AvgIpc) is 3.61. The van der Waals surface area contributed by atoms with E-state index in [2.05, 4.69) is 0 Å². The number of esters is 1. The van der Waals surface area contributed by atoms with Gasteiger partial charge in [0.05, 0.1) is 33.4 Å². The number of rotatable bonds is 7. The molecule has 5 aromatic rings. The maximum atomic E-state index is 14.0. The highest BCUT2D eigenvalue weighted by molar-refractivity contribution is 7.07. The lowest BCUT2D eigenvalue weighted by Gasteiger charge is -2.25. The molecule has 2 aromatic heterocycles. The Morgan fingerprint density at radius 3 is 2.47 bits per heavy atom. The van der Waals surface area contributed by atoms with Gasteiger partial charge in [0.2, 0.25) is 0 Å². The fourth-order valence-electron chi connectivity index (χ4n) is 5.07. The molecule has 3 heterocycles. The number of aryl methyl sites for hydroxylation is 1. The van der Waals surface area contributed by atoms with Crippen LogP contribution in [0.1, 0.15) is 35.4 Å². The van der Waals surface area contributed by atoms with Crippen LogP contribution in [0.4, 0.5) is 5.69 Å². The molecule has 3 aromatic carbocycles. The fourth-order valence-corrected chi connectivity index (χ4v) is 6.05. The van der Waals surface area contributed by atoms with E-state index in [0.29, 0.717) is 37.7 Å². The van der Waals surface area contributed by atoms with E-state index < -0.39 is 16.9 Å². The molecule has 0 amide bonds. The van der Waals surface area contributed by atoms with Crippen LogP contribution in [0.5, 0.6) is 0 Å². The molecular weight excluding hydrogens is 566 g/mol. The van der Waals surface area contributed by atoms with Gasteiger partial charge < -0.3 is 9.15 Å².